The Morgan fingerprint density at radius 3 is 2.69 bits per heavy atom. The van der Waals surface area contributed by atoms with E-state index in [4.69, 9.17) is 5.11 Å². The van der Waals surface area contributed by atoms with E-state index in [0.717, 1.165) is 19.3 Å². The molecule has 0 unspecified atom stereocenters. The topological polar surface area (TPSA) is 71.2 Å². The molecule has 6 heteroatoms. The minimum atomic E-state index is -0.566. The van der Waals surface area contributed by atoms with Crippen molar-refractivity contribution in [1.29, 1.82) is 0 Å². The van der Waals surface area contributed by atoms with Crippen LogP contribution in [-0.2, 0) is 16.9 Å². The Hall–Kier alpha value is -1.43. The predicted octanol–water partition coefficient (Wildman–Crippen LogP) is -0.262. The zero-order chi connectivity index (χ0) is 11.8. The Labute approximate surface area is 93.9 Å². The molecule has 0 saturated heterocycles. The SMILES string of the molecule is CN(C)C(=O)C1(n2cc(CO)nn2)CCC1. The Balaban J connectivity index is 2.31. The molecule has 1 aromatic rings. The molecule has 16 heavy (non-hydrogen) atoms. The Kier molecular flexibility index (Phi) is 2.67. The van der Waals surface area contributed by atoms with Gasteiger partial charge in [-0.1, -0.05) is 5.21 Å². The number of carbonyl (C=O) groups excluding carboxylic acids is 1. The Morgan fingerprint density at radius 1 is 1.62 bits per heavy atom. The molecule has 6 nitrogen and oxygen atoms in total. The van der Waals surface area contributed by atoms with E-state index in [9.17, 15) is 4.79 Å². The third kappa shape index (κ3) is 1.49. The van der Waals surface area contributed by atoms with Gasteiger partial charge in [0.15, 0.2) is 0 Å². The summed E-state index contributed by atoms with van der Waals surface area (Å²) < 4.78 is 1.60. The maximum Gasteiger partial charge on any atom is 0.250 e. The van der Waals surface area contributed by atoms with E-state index >= 15 is 0 Å². The van der Waals surface area contributed by atoms with Gasteiger partial charge in [0, 0.05) is 14.1 Å². The highest BCUT2D eigenvalue weighted by atomic mass is 16.3. The zero-order valence-electron chi connectivity index (χ0n) is 9.55. The lowest BCUT2D eigenvalue weighted by Gasteiger charge is -2.41. The Bertz CT molecular complexity index is 395. The molecule has 0 radical (unpaired) electrons. The Morgan fingerprint density at radius 2 is 2.31 bits per heavy atom. The molecule has 1 N–H and O–H groups in total. The van der Waals surface area contributed by atoms with Crippen LogP contribution >= 0.6 is 0 Å². The number of nitrogens with zero attached hydrogens (tertiary/aromatic N) is 4. The van der Waals surface area contributed by atoms with Crippen LogP contribution in [0.1, 0.15) is 25.0 Å². The fraction of sp³-hybridized carbons (Fsp3) is 0.700. The van der Waals surface area contributed by atoms with Crippen molar-refractivity contribution in [3.8, 4) is 0 Å². The molecule has 2 rings (SSSR count). The van der Waals surface area contributed by atoms with Gasteiger partial charge < -0.3 is 10.0 Å². The van der Waals surface area contributed by atoms with Crippen molar-refractivity contribution in [2.24, 2.45) is 0 Å². The molecule has 1 saturated carbocycles. The highest BCUT2D eigenvalue weighted by Gasteiger charge is 2.47. The first-order valence-electron chi connectivity index (χ1n) is 5.34. The second-order valence-corrected chi connectivity index (χ2v) is 4.40. The van der Waals surface area contributed by atoms with Crippen molar-refractivity contribution in [2.75, 3.05) is 14.1 Å². The molecule has 1 amide bonds. The second kappa shape index (κ2) is 3.86. The van der Waals surface area contributed by atoms with E-state index in [0.29, 0.717) is 5.69 Å². The number of amides is 1. The normalized spacial score (nSPS) is 17.9. The van der Waals surface area contributed by atoms with Crippen molar-refractivity contribution in [3.05, 3.63) is 11.9 Å². The van der Waals surface area contributed by atoms with Gasteiger partial charge in [0.05, 0.1) is 12.8 Å². The number of aromatic nitrogens is 3. The van der Waals surface area contributed by atoms with Gasteiger partial charge in [0.1, 0.15) is 11.2 Å². The minimum absolute atomic E-state index is 0.0492. The molecular weight excluding hydrogens is 208 g/mol. The molecule has 1 heterocycles. The predicted molar refractivity (Wildman–Crippen MR) is 56.5 cm³/mol. The fourth-order valence-electron chi connectivity index (χ4n) is 2.05. The van der Waals surface area contributed by atoms with Crippen molar-refractivity contribution >= 4 is 5.91 Å². The van der Waals surface area contributed by atoms with E-state index in [1.165, 1.54) is 0 Å². The van der Waals surface area contributed by atoms with Crippen LogP contribution < -0.4 is 0 Å². The van der Waals surface area contributed by atoms with Crippen LogP contribution in [0.4, 0.5) is 0 Å². The minimum Gasteiger partial charge on any atom is -0.390 e. The van der Waals surface area contributed by atoms with Crippen LogP contribution in [0.3, 0.4) is 0 Å². The molecule has 88 valence electrons. The van der Waals surface area contributed by atoms with E-state index < -0.39 is 5.54 Å². The molecule has 1 aromatic heterocycles. The van der Waals surface area contributed by atoms with Gasteiger partial charge in [0.25, 0.3) is 0 Å². The maximum absolute atomic E-state index is 12.1. The summed E-state index contributed by atoms with van der Waals surface area (Å²) in [5, 5.41) is 16.7. The lowest BCUT2D eigenvalue weighted by Crippen LogP contribution is -2.53. The lowest BCUT2D eigenvalue weighted by atomic mass is 9.76. The number of aliphatic hydroxyl groups excluding tert-OH is 1. The highest BCUT2D eigenvalue weighted by molar-refractivity contribution is 5.84. The summed E-state index contributed by atoms with van der Waals surface area (Å²) in [5.41, 5.74) is -0.0676. The highest BCUT2D eigenvalue weighted by Crippen LogP contribution is 2.39. The summed E-state index contributed by atoms with van der Waals surface area (Å²) in [6.45, 7) is -0.147. The van der Waals surface area contributed by atoms with Crippen LogP contribution in [0.5, 0.6) is 0 Å². The van der Waals surface area contributed by atoms with E-state index in [1.54, 1.807) is 29.9 Å². The first-order valence-corrected chi connectivity index (χ1v) is 5.34. The van der Waals surface area contributed by atoms with Crippen molar-refractivity contribution in [1.82, 2.24) is 19.9 Å². The van der Waals surface area contributed by atoms with E-state index in [1.807, 2.05) is 0 Å². The molecule has 0 bridgehead atoms. The second-order valence-electron chi connectivity index (χ2n) is 4.40. The summed E-state index contributed by atoms with van der Waals surface area (Å²) in [6, 6.07) is 0. The third-order valence-corrected chi connectivity index (χ3v) is 3.13. The van der Waals surface area contributed by atoms with E-state index in [2.05, 4.69) is 10.3 Å². The van der Waals surface area contributed by atoms with Gasteiger partial charge in [-0.2, -0.15) is 0 Å². The van der Waals surface area contributed by atoms with Crippen molar-refractivity contribution in [2.45, 2.75) is 31.4 Å². The van der Waals surface area contributed by atoms with E-state index in [-0.39, 0.29) is 12.5 Å². The first kappa shape index (κ1) is 11.1. The number of hydrogen-bond donors (Lipinski definition) is 1. The van der Waals surface area contributed by atoms with Gasteiger partial charge in [0.2, 0.25) is 5.91 Å². The molecule has 0 spiro atoms. The van der Waals surface area contributed by atoms with Gasteiger partial charge >= 0.3 is 0 Å². The zero-order valence-corrected chi connectivity index (χ0v) is 9.55. The average Bonchev–Trinajstić information content (AvgIpc) is 2.64. The summed E-state index contributed by atoms with van der Waals surface area (Å²) in [5.74, 6) is 0.0492. The van der Waals surface area contributed by atoms with Crippen molar-refractivity contribution in [3.63, 3.8) is 0 Å². The van der Waals surface area contributed by atoms with Crippen LogP contribution in [0.2, 0.25) is 0 Å². The van der Waals surface area contributed by atoms with Gasteiger partial charge in [-0.05, 0) is 19.3 Å². The number of rotatable bonds is 3. The monoisotopic (exact) mass is 224 g/mol. The first-order chi connectivity index (χ1) is 7.60. The number of hydrogen-bond acceptors (Lipinski definition) is 4. The molecule has 0 aliphatic heterocycles. The molecule has 0 aromatic carbocycles. The molecule has 1 fully saturated rings. The number of carbonyl (C=O) groups is 1. The van der Waals surface area contributed by atoms with Crippen LogP contribution in [0.15, 0.2) is 6.20 Å². The molecule has 0 atom stereocenters. The smallest absolute Gasteiger partial charge is 0.250 e. The fourth-order valence-corrected chi connectivity index (χ4v) is 2.05. The van der Waals surface area contributed by atoms with Gasteiger partial charge in [-0.3, -0.25) is 4.79 Å². The van der Waals surface area contributed by atoms with Crippen LogP contribution in [-0.4, -0.2) is 45.0 Å². The number of likely N-dealkylation sites (N-methyl/N-ethyl adjacent to an activating group) is 1. The summed E-state index contributed by atoms with van der Waals surface area (Å²) in [4.78, 5) is 13.7. The largest absolute Gasteiger partial charge is 0.390 e. The lowest BCUT2D eigenvalue weighted by molar-refractivity contribution is -0.143. The summed E-state index contributed by atoms with van der Waals surface area (Å²) in [6.07, 6.45) is 4.25. The summed E-state index contributed by atoms with van der Waals surface area (Å²) in [7, 11) is 3.48. The maximum atomic E-state index is 12.1. The average molecular weight is 224 g/mol. The molecular formula is C10H16N4O2. The van der Waals surface area contributed by atoms with Crippen LogP contribution in [0.25, 0.3) is 0 Å². The van der Waals surface area contributed by atoms with Gasteiger partial charge in [-0.25, -0.2) is 4.68 Å². The van der Waals surface area contributed by atoms with Crippen LogP contribution in [0, 0.1) is 0 Å². The molecule has 1 aliphatic rings. The third-order valence-electron chi connectivity index (χ3n) is 3.13. The summed E-state index contributed by atoms with van der Waals surface area (Å²) >= 11 is 0. The quantitative estimate of drug-likeness (QED) is 0.767. The molecule has 1 aliphatic carbocycles. The standard InChI is InChI=1S/C10H16N4O2/c1-13(2)9(16)10(4-3-5-10)14-6-8(7-15)11-12-14/h6,15H,3-5,7H2,1-2H3. The van der Waals surface area contributed by atoms with Crippen molar-refractivity contribution < 1.29 is 9.90 Å². The van der Waals surface area contributed by atoms with Gasteiger partial charge in [-0.15, -0.1) is 5.10 Å². The number of aliphatic hydroxyl groups is 1.